The lowest BCUT2D eigenvalue weighted by atomic mass is 9.76. The molecule has 1 amide bonds. The van der Waals surface area contributed by atoms with Crippen LogP contribution in [0.4, 0.5) is 5.95 Å². The number of amides is 1. The minimum absolute atomic E-state index is 0.287. The monoisotopic (exact) mass is 312 g/mol. The van der Waals surface area contributed by atoms with E-state index in [4.69, 9.17) is 4.42 Å². The Labute approximate surface area is 134 Å². The summed E-state index contributed by atoms with van der Waals surface area (Å²) in [4.78, 5) is 25.3. The second-order valence-corrected chi connectivity index (χ2v) is 7.30. The van der Waals surface area contributed by atoms with Gasteiger partial charge in [-0.2, -0.15) is 0 Å². The average molecular weight is 312 g/mol. The zero-order valence-electron chi connectivity index (χ0n) is 13.4. The van der Waals surface area contributed by atoms with Crippen molar-refractivity contribution in [1.82, 2.24) is 15.0 Å². The largest absolute Gasteiger partial charge is 0.438 e. The fourth-order valence-corrected chi connectivity index (χ4v) is 3.16. The highest BCUT2D eigenvalue weighted by Crippen LogP contribution is 2.40. The molecule has 1 fully saturated rings. The van der Waals surface area contributed by atoms with Crippen molar-refractivity contribution < 1.29 is 9.21 Å². The molecule has 2 aliphatic rings. The molecule has 0 atom stereocenters. The normalized spacial score (nSPS) is 19.2. The van der Waals surface area contributed by atoms with Crippen LogP contribution in [0.5, 0.6) is 0 Å². The van der Waals surface area contributed by atoms with Crippen LogP contribution in [0, 0.1) is 5.41 Å². The van der Waals surface area contributed by atoms with Crippen LogP contribution >= 0.6 is 0 Å². The minimum Gasteiger partial charge on any atom is -0.438 e. The molecule has 1 N–H and O–H groups in total. The molecule has 0 bridgehead atoms. The van der Waals surface area contributed by atoms with Crippen molar-refractivity contribution in [3.63, 3.8) is 0 Å². The van der Waals surface area contributed by atoms with Crippen LogP contribution in [0.2, 0.25) is 0 Å². The molecule has 2 aromatic rings. The van der Waals surface area contributed by atoms with E-state index >= 15 is 0 Å². The first-order chi connectivity index (χ1) is 11.0. The Kier molecular flexibility index (Phi) is 3.21. The molecule has 1 saturated carbocycles. The summed E-state index contributed by atoms with van der Waals surface area (Å²) < 4.78 is 5.26. The number of hydrogen-bond acceptors (Lipinski definition) is 5. The maximum Gasteiger partial charge on any atom is 0.295 e. The summed E-state index contributed by atoms with van der Waals surface area (Å²) in [5.41, 5.74) is 3.26. The molecule has 0 aromatic carbocycles. The Morgan fingerprint density at radius 2 is 2.17 bits per heavy atom. The SMILES string of the molecule is CC1(C)CCc2nc(NC(=O)c3ocnc3C3CC3)ncc2C1. The molecule has 0 unspecified atom stereocenters. The fraction of sp³-hybridized carbons (Fsp3) is 0.529. The summed E-state index contributed by atoms with van der Waals surface area (Å²) in [6.07, 6.45) is 8.29. The molecular formula is C17H20N4O2. The third-order valence-electron chi connectivity index (χ3n) is 4.65. The lowest BCUT2D eigenvalue weighted by Crippen LogP contribution is -2.24. The van der Waals surface area contributed by atoms with Gasteiger partial charge in [-0.3, -0.25) is 10.1 Å². The van der Waals surface area contributed by atoms with Crippen molar-refractivity contribution in [1.29, 1.82) is 0 Å². The van der Waals surface area contributed by atoms with Crippen LogP contribution < -0.4 is 5.32 Å². The van der Waals surface area contributed by atoms with E-state index in [1.807, 2.05) is 6.20 Å². The predicted molar refractivity (Wildman–Crippen MR) is 84.3 cm³/mol. The van der Waals surface area contributed by atoms with Gasteiger partial charge < -0.3 is 4.42 Å². The third kappa shape index (κ3) is 2.85. The molecule has 4 rings (SSSR count). The zero-order chi connectivity index (χ0) is 16.0. The highest BCUT2D eigenvalue weighted by atomic mass is 16.3. The van der Waals surface area contributed by atoms with Crippen LogP contribution in [0.25, 0.3) is 0 Å². The lowest BCUT2D eigenvalue weighted by molar-refractivity contribution is 0.0994. The predicted octanol–water partition coefficient (Wildman–Crippen LogP) is 3.11. The second kappa shape index (κ2) is 5.15. The number of fused-ring (bicyclic) bond motifs is 1. The summed E-state index contributed by atoms with van der Waals surface area (Å²) in [5.74, 6) is 0.670. The number of nitrogens with one attached hydrogen (secondary N) is 1. The average Bonchev–Trinajstić information content (AvgIpc) is 3.23. The van der Waals surface area contributed by atoms with Crippen molar-refractivity contribution >= 4 is 11.9 Å². The molecule has 6 heteroatoms. The van der Waals surface area contributed by atoms with Crippen LogP contribution in [0.3, 0.4) is 0 Å². The lowest BCUT2D eigenvalue weighted by Gasteiger charge is -2.30. The summed E-state index contributed by atoms with van der Waals surface area (Å²) in [7, 11) is 0. The highest BCUT2D eigenvalue weighted by molar-refractivity contribution is 6.02. The van der Waals surface area contributed by atoms with Gasteiger partial charge >= 0.3 is 0 Å². The van der Waals surface area contributed by atoms with E-state index in [1.54, 1.807) is 0 Å². The molecule has 2 heterocycles. The highest BCUT2D eigenvalue weighted by Gasteiger charge is 2.32. The Hall–Kier alpha value is -2.24. The topological polar surface area (TPSA) is 80.9 Å². The number of anilines is 1. The van der Waals surface area contributed by atoms with E-state index in [-0.39, 0.29) is 11.7 Å². The van der Waals surface area contributed by atoms with Crippen LogP contribution in [-0.2, 0) is 12.8 Å². The first-order valence-corrected chi connectivity index (χ1v) is 8.11. The molecule has 0 spiro atoms. The van der Waals surface area contributed by atoms with Gasteiger partial charge in [0.15, 0.2) is 6.39 Å². The van der Waals surface area contributed by atoms with Gasteiger partial charge in [-0.05, 0) is 43.1 Å². The van der Waals surface area contributed by atoms with Gasteiger partial charge in [0.05, 0.1) is 5.69 Å². The van der Waals surface area contributed by atoms with Crippen molar-refractivity contribution in [3.8, 4) is 0 Å². The smallest absolute Gasteiger partial charge is 0.295 e. The summed E-state index contributed by atoms with van der Waals surface area (Å²) in [6, 6.07) is 0. The first kappa shape index (κ1) is 14.4. The summed E-state index contributed by atoms with van der Waals surface area (Å²) >= 11 is 0. The number of rotatable bonds is 3. The van der Waals surface area contributed by atoms with Gasteiger partial charge in [-0.1, -0.05) is 13.8 Å². The van der Waals surface area contributed by atoms with Crippen molar-refractivity contribution in [3.05, 3.63) is 35.3 Å². The van der Waals surface area contributed by atoms with Crippen LogP contribution in [0.15, 0.2) is 17.0 Å². The van der Waals surface area contributed by atoms with E-state index in [0.717, 1.165) is 43.5 Å². The Morgan fingerprint density at radius 3 is 2.96 bits per heavy atom. The first-order valence-electron chi connectivity index (χ1n) is 8.11. The van der Waals surface area contributed by atoms with Gasteiger partial charge in [-0.15, -0.1) is 0 Å². The zero-order valence-corrected chi connectivity index (χ0v) is 13.4. The summed E-state index contributed by atoms with van der Waals surface area (Å²) in [5, 5.41) is 2.74. The van der Waals surface area contributed by atoms with Crippen molar-refractivity contribution in [2.24, 2.45) is 5.41 Å². The number of hydrogen-bond donors (Lipinski definition) is 1. The van der Waals surface area contributed by atoms with Gasteiger partial charge in [0.25, 0.3) is 5.91 Å². The molecule has 2 aromatic heterocycles. The standard InChI is InChI=1S/C17H20N4O2/c1-17(2)6-5-12-11(7-17)8-18-16(20-12)21-15(22)14-13(10-3-4-10)19-9-23-14/h8-10H,3-7H2,1-2H3,(H,18,20,21,22). The van der Waals surface area contributed by atoms with E-state index in [9.17, 15) is 4.79 Å². The Bertz CT molecular complexity index is 762. The van der Waals surface area contributed by atoms with E-state index in [1.165, 1.54) is 12.0 Å². The minimum atomic E-state index is -0.319. The van der Waals surface area contributed by atoms with E-state index in [0.29, 0.717) is 17.3 Å². The Morgan fingerprint density at radius 1 is 1.35 bits per heavy atom. The van der Waals surface area contributed by atoms with Crippen LogP contribution in [0.1, 0.15) is 66.5 Å². The van der Waals surface area contributed by atoms with Gasteiger partial charge in [-0.25, -0.2) is 15.0 Å². The third-order valence-corrected chi connectivity index (χ3v) is 4.65. The number of oxazole rings is 1. The molecule has 2 aliphatic carbocycles. The van der Waals surface area contributed by atoms with E-state index in [2.05, 4.69) is 34.1 Å². The van der Waals surface area contributed by atoms with Gasteiger partial charge in [0.2, 0.25) is 11.7 Å². The van der Waals surface area contributed by atoms with E-state index < -0.39 is 0 Å². The fourth-order valence-electron chi connectivity index (χ4n) is 3.16. The quantitative estimate of drug-likeness (QED) is 0.941. The second-order valence-electron chi connectivity index (χ2n) is 7.30. The number of carbonyl (C=O) groups excluding carboxylic acids is 1. The number of nitrogens with zero attached hydrogens (tertiary/aromatic N) is 3. The Balaban J connectivity index is 1.53. The van der Waals surface area contributed by atoms with Crippen molar-refractivity contribution in [2.45, 2.75) is 51.9 Å². The molecule has 23 heavy (non-hydrogen) atoms. The van der Waals surface area contributed by atoms with Gasteiger partial charge in [0.1, 0.15) is 0 Å². The maximum atomic E-state index is 12.4. The molecule has 0 aliphatic heterocycles. The van der Waals surface area contributed by atoms with Gasteiger partial charge in [0, 0.05) is 17.8 Å². The molecule has 0 saturated heterocycles. The summed E-state index contributed by atoms with van der Waals surface area (Å²) in [6.45, 7) is 4.52. The maximum absolute atomic E-state index is 12.4. The number of carbonyl (C=O) groups is 1. The van der Waals surface area contributed by atoms with Crippen molar-refractivity contribution in [2.75, 3.05) is 5.32 Å². The molecule has 6 nitrogen and oxygen atoms in total. The molecular weight excluding hydrogens is 292 g/mol. The number of aryl methyl sites for hydroxylation is 1. The molecule has 120 valence electrons. The number of aromatic nitrogens is 3. The van der Waals surface area contributed by atoms with Crippen LogP contribution in [-0.4, -0.2) is 20.9 Å². The molecule has 0 radical (unpaired) electrons.